The molecule has 0 spiro atoms. The number of nitrogens with one attached hydrogen (secondary N) is 1. The Kier molecular flexibility index (Phi) is 4.89. The largest absolute Gasteiger partial charge is 0.348 e. The number of fused-ring (bicyclic) bond motifs is 1. The first-order valence-corrected chi connectivity index (χ1v) is 9.56. The fourth-order valence-corrected chi connectivity index (χ4v) is 4.01. The standard InChI is InChI=1S/C21H19ClFN3S/c1-14-17(22)4-2-5-18(14)24-21(27)26-13-12-25-11-3-6-19(25)20(26)15-7-9-16(23)10-8-15/h2-11,20H,12-13H2,1H3,(H,24,27)/t20-/m1/s1. The van der Waals surface area contributed by atoms with Crippen LogP contribution in [0.2, 0.25) is 5.02 Å². The van der Waals surface area contributed by atoms with Crippen molar-refractivity contribution in [3.05, 3.63) is 88.5 Å². The van der Waals surface area contributed by atoms with E-state index in [0.29, 0.717) is 10.1 Å². The van der Waals surface area contributed by atoms with E-state index >= 15 is 0 Å². The Balaban J connectivity index is 1.68. The van der Waals surface area contributed by atoms with Crippen LogP contribution >= 0.6 is 23.8 Å². The maximum atomic E-state index is 13.4. The minimum atomic E-state index is -0.244. The lowest BCUT2D eigenvalue weighted by Gasteiger charge is -2.39. The zero-order valence-corrected chi connectivity index (χ0v) is 16.4. The Morgan fingerprint density at radius 1 is 1.11 bits per heavy atom. The van der Waals surface area contributed by atoms with Gasteiger partial charge in [-0.05, 0) is 66.7 Å². The Hall–Kier alpha value is -2.37. The van der Waals surface area contributed by atoms with Crippen molar-refractivity contribution in [3.63, 3.8) is 0 Å². The molecule has 4 rings (SSSR count). The summed E-state index contributed by atoms with van der Waals surface area (Å²) in [5, 5.41) is 4.67. The molecule has 1 N–H and O–H groups in total. The lowest BCUT2D eigenvalue weighted by atomic mass is 10.0. The van der Waals surface area contributed by atoms with Crippen LogP contribution in [0, 0.1) is 12.7 Å². The molecule has 6 heteroatoms. The maximum Gasteiger partial charge on any atom is 0.174 e. The third kappa shape index (κ3) is 3.45. The number of hydrogen-bond acceptors (Lipinski definition) is 1. The van der Waals surface area contributed by atoms with E-state index in [1.807, 2.05) is 43.3 Å². The number of hydrogen-bond donors (Lipinski definition) is 1. The molecule has 27 heavy (non-hydrogen) atoms. The number of nitrogens with zero attached hydrogens (tertiary/aromatic N) is 2. The molecule has 1 aliphatic heterocycles. The summed E-state index contributed by atoms with van der Waals surface area (Å²) in [5.41, 5.74) is 3.99. The maximum absolute atomic E-state index is 13.4. The Labute approximate surface area is 168 Å². The lowest BCUT2D eigenvalue weighted by molar-refractivity contribution is 0.293. The monoisotopic (exact) mass is 399 g/mol. The molecule has 1 atom stereocenters. The number of halogens is 2. The van der Waals surface area contributed by atoms with Crippen LogP contribution in [0.5, 0.6) is 0 Å². The van der Waals surface area contributed by atoms with Gasteiger partial charge in [0.25, 0.3) is 0 Å². The van der Waals surface area contributed by atoms with Gasteiger partial charge in [0.05, 0.1) is 6.04 Å². The summed E-state index contributed by atoms with van der Waals surface area (Å²) in [7, 11) is 0. The van der Waals surface area contributed by atoms with Gasteiger partial charge >= 0.3 is 0 Å². The van der Waals surface area contributed by atoms with Gasteiger partial charge < -0.3 is 14.8 Å². The van der Waals surface area contributed by atoms with Gasteiger partial charge in [-0.1, -0.05) is 29.8 Å². The molecule has 0 amide bonds. The molecule has 0 bridgehead atoms. The first-order valence-electron chi connectivity index (χ1n) is 8.78. The van der Waals surface area contributed by atoms with Crippen molar-refractivity contribution < 1.29 is 4.39 Å². The van der Waals surface area contributed by atoms with E-state index in [-0.39, 0.29) is 11.9 Å². The molecule has 1 aromatic heterocycles. The number of aromatic nitrogens is 1. The Morgan fingerprint density at radius 3 is 2.67 bits per heavy atom. The highest BCUT2D eigenvalue weighted by atomic mass is 35.5. The molecule has 138 valence electrons. The number of anilines is 1. The first-order chi connectivity index (χ1) is 13.0. The number of thiocarbonyl (C=S) groups is 1. The highest BCUT2D eigenvalue weighted by molar-refractivity contribution is 7.80. The van der Waals surface area contributed by atoms with E-state index in [2.05, 4.69) is 27.0 Å². The smallest absolute Gasteiger partial charge is 0.174 e. The first kappa shape index (κ1) is 18.0. The van der Waals surface area contributed by atoms with Crippen molar-refractivity contribution in [2.24, 2.45) is 0 Å². The average molecular weight is 400 g/mol. The molecular formula is C21H19ClFN3S. The van der Waals surface area contributed by atoms with Crippen LogP contribution in [0.4, 0.5) is 10.1 Å². The van der Waals surface area contributed by atoms with Crippen LogP contribution in [0.3, 0.4) is 0 Å². The van der Waals surface area contributed by atoms with Crippen molar-refractivity contribution in [2.75, 3.05) is 11.9 Å². The molecule has 0 saturated heterocycles. The summed E-state index contributed by atoms with van der Waals surface area (Å²) < 4.78 is 15.7. The third-order valence-corrected chi connectivity index (χ3v) is 5.74. The molecule has 0 fully saturated rings. The predicted molar refractivity (Wildman–Crippen MR) is 112 cm³/mol. The second-order valence-electron chi connectivity index (χ2n) is 6.62. The molecule has 0 unspecified atom stereocenters. The van der Waals surface area contributed by atoms with E-state index in [0.717, 1.165) is 35.6 Å². The van der Waals surface area contributed by atoms with Crippen LogP contribution in [-0.2, 0) is 6.54 Å². The minimum absolute atomic E-state index is 0.0751. The summed E-state index contributed by atoms with van der Waals surface area (Å²) in [5.74, 6) is -0.244. The van der Waals surface area contributed by atoms with E-state index in [9.17, 15) is 4.39 Å². The van der Waals surface area contributed by atoms with Crippen molar-refractivity contribution in [2.45, 2.75) is 19.5 Å². The molecular weight excluding hydrogens is 381 g/mol. The SMILES string of the molecule is Cc1c(Cl)cccc1NC(=S)N1CCn2cccc2[C@H]1c1ccc(F)cc1. The van der Waals surface area contributed by atoms with Crippen LogP contribution in [0.25, 0.3) is 0 Å². The van der Waals surface area contributed by atoms with Crippen LogP contribution in [0.15, 0.2) is 60.8 Å². The van der Waals surface area contributed by atoms with Crippen molar-refractivity contribution in [1.82, 2.24) is 9.47 Å². The summed E-state index contributed by atoms with van der Waals surface area (Å²) >= 11 is 12.0. The fourth-order valence-electron chi connectivity index (χ4n) is 3.53. The second-order valence-corrected chi connectivity index (χ2v) is 7.41. The minimum Gasteiger partial charge on any atom is -0.348 e. The molecule has 3 nitrogen and oxygen atoms in total. The van der Waals surface area contributed by atoms with Gasteiger partial charge in [-0.3, -0.25) is 0 Å². The third-order valence-electron chi connectivity index (χ3n) is 4.99. The average Bonchev–Trinajstić information content (AvgIpc) is 3.14. The number of benzene rings is 2. The predicted octanol–water partition coefficient (Wildman–Crippen LogP) is 5.39. The van der Waals surface area contributed by atoms with Gasteiger partial charge in [0.15, 0.2) is 5.11 Å². The van der Waals surface area contributed by atoms with Crippen LogP contribution in [-0.4, -0.2) is 21.1 Å². The van der Waals surface area contributed by atoms with Crippen molar-refractivity contribution in [1.29, 1.82) is 0 Å². The second kappa shape index (κ2) is 7.33. The van der Waals surface area contributed by atoms with Gasteiger partial charge in [0, 0.05) is 35.7 Å². The van der Waals surface area contributed by atoms with Crippen molar-refractivity contribution >= 4 is 34.6 Å². The normalized spacial score (nSPS) is 16.1. The van der Waals surface area contributed by atoms with Gasteiger partial charge in [-0.2, -0.15) is 0 Å². The highest BCUT2D eigenvalue weighted by Crippen LogP contribution is 2.33. The topological polar surface area (TPSA) is 20.2 Å². The van der Waals surface area contributed by atoms with Crippen LogP contribution in [0.1, 0.15) is 22.9 Å². The molecule has 2 aromatic carbocycles. The van der Waals surface area contributed by atoms with E-state index in [4.69, 9.17) is 23.8 Å². The van der Waals surface area contributed by atoms with E-state index in [1.165, 1.54) is 12.1 Å². The zero-order valence-electron chi connectivity index (χ0n) is 14.8. The molecule has 2 heterocycles. The van der Waals surface area contributed by atoms with E-state index in [1.54, 1.807) is 0 Å². The quantitative estimate of drug-likeness (QED) is 0.583. The highest BCUT2D eigenvalue weighted by Gasteiger charge is 2.30. The molecule has 0 aliphatic carbocycles. The summed E-state index contributed by atoms with van der Waals surface area (Å²) in [6, 6.07) is 16.4. The summed E-state index contributed by atoms with van der Waals surface area (Å²) in [4.78, 5) is 2.15. The Morgan fingerprint density at radius 2 is 1.89 bits per heavy atom. The van der Waals surface area contributed by atoms with Gasteiger partial charge in [0.1, 0.15) is 5.82 Å². The molecule has 3 aromatic rings. The summed E-state index contributed by atoms with van der Waals surface area (Å²) in [6.45, 7) is 3.57. The molecule has 0 saturated carbocycles. The molecule has 0 radical (unpaired) electrons. The molecule has 1 aliphatic rings. The van der Waals surface area contributed by atoms with Crippen molar-refractivity contribution in [3.8, 4) is 0 Å². The fraction of sp³-hybridized carbons (Fsp3) is 0.190. The zero-order chi connectivity index (χ0) is 19.0. The Bertz CT molecular complexity index is 983. The van der Waals surface area contributed by atoms with Gasteiger partial charge in [-0.15, -0.1) is 0 Å². The van der Waals surface area contributed by atoms with Gasteiger partial charge in [0.2, 0.25) is 0 Å². The van der Waals surface area contributed by atoms with Crippen LogP contribution < -0.4 is 5.32 Å². The van der Waals surface area contributed by atoms with E-state index < -0.39 is 0 Å². The lowest BCUT2D eigenvalue weighted by Crippen LogP contribution is -2.44. The van der Waals surface area contributed by atoms with Gasteiger partial charge in [-0.25, -0.2) is 4.39 Å². The summed E-state index contributed by atoms with van der Waals surface area (Å²) in [6.07, 6.45) is 2.07. The number of rotatable bonds is 2.